The van der Waals surface area contributed by atoms with Crippen molar-refractivity contribution in [1.29, 1.82) is 5.26 Å². The van der Waals surface area contributed by atoms with Crippen LogP contribution in [0.2, 0.25) is 10.0 Å². The molecule has 0 bridgehead atoms. The molecule has 53 heavy (non-hydrogen) atoms. The summed E-state index contributed by atoms with van der Waals surface area (Å²) in [5.74, 6) is -1.72. The van der Waals surface area contributed by atoms with Gasteiger partial charge in [-0.1, -0.05) is 92.4 Å². The predicted molar refractivity (Wildman–Crippen MR) is 205 cm³/mol. The Bertz CT molecular complexity index is 2320. The lowest BCUT2D eigenvalue weighted by atomic mass is 9.97. The predicted octanol–water partition coefficient (Wildman–Crippen LogP) is 8.78. The number of aryl methyl sites for hydroxylation is 1. The van der Waals surface area contributed by atoms with Crippen molar-refractivity contribution in [1.82, 2.24) is 19.4 Å². The highest BCUT2D eigenvalue weighted by molar-refractivity contribution is 7.90. The molecule has 0 aliphatic rings. The van der Waals surface area contributed by atoms with E-state index in [4.69, 9.17) is 28.3 Å². The first-order valence-corrected chi connectivity index (χ1v) is 19.4. The molecule has 0 fully saturated rings. The molecule has 4 aromatic carbocycles. The number of nitriles is 1. The monoisotopic (exact) mass is 773 g/mol. The first-order valence-electron chi connectivity index (χ1n) is 17.2. The van der Waals surface area contributed by atoms with Gasteiger partial charge in [0.25, 0.3) is 21.8 Å². The third-order valence-electron chi connectivity index (χ3n) is 8.81. The molecule has 13 heteroatoms. The van der Waals surface area contributed by atoms with Gasteiger partial charge in [-0.05, 0) is 72.9 Å². The van der Waals surface area contributed by atoms with E-state index in [1.165, 1.54) is 47.1 Å². The van der Waals surface area contributed by atoms with E-state index < -0.39 is 21.7 Å². The molecule has 0 aliphatic heterocycles. The second kappa shape index (κ2) is 17.2. The number of halogens is 3. The van der Waals surface area contributed by atoms with Gasteiger partial charge in [-0.2, -0.15) is 10.4 Å². The summed E-state index contributed by atoms with van der Waals surface area (Å²) in [5.41, 5.74) is 2.72. The van der Waals surface area contributed by atoms with E-state index in [0.29, 0.717) is 35.5 Å². The normalized spacial score (nSPS) is 11.3. The Morgan fingerprint density at radius 1 is 0.943 bits per heavy atom. The number of carbonyl (C=O) groups excluding carboxylic acids is 2. The first-order chi connectivity index (χ1) is 25.4. The number of rotatable bonds is 14. The van der Waals surface area contributed by atoms with Crippen LogP contribution >= 0.6 is 23.2 Å². The third-order valence-corrected chi connectivity index (χ3v) is 10.8. The molecule has 0 atom stereocenters. The van der Waals surface area contributed by atoms with Crippen LogP contribution in [0.1, 0.15) is 82.8 Å². The maximum Gasteiger partial charge on any atom is 0.266 e. The average Bonchev–Trinajstić information content (AvgIpc) is 3.49. The maximum atomic E-state index is 16.0. The maximum absolute atomic E-state index is 16.0. The van der Waals surface area contributed by atoms with Crippen LogP contribution in [0.25, 0.3) is 16.8 Å². The number of amides is 2. The quantitative estimate of drug-likeness (QED) is 0.120. The zero-order valence-corrected chi connectivity index (χ0v) is 31.8. The molecule has 1 heterocycles. The molecule has 274 valence electrons. The van der Waals surface area contributed by atoms with Crippen LogP contribution in [0.15, 0.2) is 89.8 Å². The fourth-order valence-electron chi connectivity index (χ4n) is 5.91. The molecule has 0 saturated heterocycles. The molecule has 2 amide bonds. The number of hydrogen-bond acceptors (Lipinski definition) is 6. The summed E-state index contributed by atoms with van der Waals surface area (Å²) in [5, 5.41) is 15.6. The summed E-state index contributed by atoms with van der Waals surface area (Å²) in [6.07, 6.45) is 3.95. The highest BCUT2D eigenvalue weighted by Crippen LogP contribution is 2.32. The summed E-state index contributed by atoms with van der Waals surface area (Å²) in [6.45, 7) is 4.67. The van der Waals surface area contributed by atoms with Gasteiger partial charge in [-0.15, -0.1) is 0 Å². The van der Waals surface area contributed by atoms with Gasteiger partial charge < -0.3 is 4.90 Å². The van der Waals surface area contributed by atoms with Crippen molar-refractivity contribution in [2.45, 2.75) is 57.3 Å². The van der Waals surface area contributed by atoms with Crippen molar-refractivity contribution in [3.63, 3.8) is 0 Å². The highest BCUT2D eigenvalue weighted by atomic mass is 35.5. The van der Waals surface area contributed by atoms with Crippen molar-refractivity contribution in [2.75, 3.05) is 13.6 Å². The van der Waals surface area contributed by atoms with Gasteiger partial charge in [0.15, 0.2) is 0 Å². The van der Waals surface area contributed by atoms with Crippen molar-refractivity contribution in [3.8, 4) is 22.9 Å². The lowest BCUT2D eigenvalue weighted by Gasteiger charge is -2.17. The Morgan fingerprint density at radius 3 is 2.36 bits per heavy atom. The van der Waals surface area contributed by atoms with E-state index in [2.05, 4.69) is 10.8 Å². The Morgan fingerprint density at radius 2 is 1.66 bits per heavy atom. The van der Waals surface area contributed by atoms with Gasteiger partial charge in [-0.3, -0.25) is 9.59 Å². The van der Waals surface area contributed by atoms with Gasteiger partial charge in [0, 0.05) is 36.7 Å². The van der Waals surface area contributed by atoms with Gasteiger partial charge in [0.1, 0.15) is 17.6 Å². The van der Waals surface area contributed by atoms with Crippen LogP contribution in [-0.4, -0.2) is 48.5 Å². The van der Waals surface area contributed by atoms with E-state index in [0.717, 1.165) is 25.7 Å². The molecule has 5 aromatic rings. The number of hydrogen-bond donors (Lipinski definition) is 1. The SMILES string of the molecule is CCCCc1nn(-c2cc(C(=O)N(C)CCCC)ccc2Cl)c(C#N)c1Cc1ccc(-c2ccccc2S(=O)(=O)NC(=O)c2ccccc2Cl)cc1F. The molecule has 5 rings (SSSR count). The van der Waals surface area contributed by atoms with Gasteiger partial charge in [-0.25, -0.2) is 22.2 Å². The molecule has 9 nitrogen and oxygen atoms in total. The number of nitrogens with one attached hydrogen (secondary N) is 1. The van der Waals surface area contributed by atoms with Crippen LogP contribution in [0.5, 0.6) is 0 Å². The second-order valence-corrected chi connectivity index (χ2v) is 15.0. The van der Waals surface area contributed by atoms with Crippen molar-refractivity contribution in [2.24, 2.45) is 0 Å². The molecular weight excluding hydrogens is 736 g/mol. The third kappa shape index (κ3) is 8.79. The van der Waals surface area contributed by atoms with Gasteiger partial charge in [0.2, 0.25) is 0 Å². The van der Waals surface area contributed by atoms with Crippen molar-refractivity contribution >= 4 is 45.0 Å². The number of unbranched alkanes of at least 4 members (excludes halogenated alkanes) is 2. The molecule has 0 radical (unpaired) electrons. The van der Waals surface area contributed by atoms with Crippen LogP contribution < -0.4 is 4.72 Å². The lowest BCUT2D eigenvalue weighted by Crippen LogP contribution is -2.31. The van der Waals surface area contributed by atoms with E-state index in [9.17, 15) is 23.3 Å². The molecule has 0 unspecified atom stereocenters. The van der Waals surface area contributed by atoms with Crippen LogP contribution in [0.3, 0.4) is 0 Å². The molecule has 1 N–H and O–H groups in total. The Labute approximate surface area is 319 Å². The van der Waals surface area contributed by atoms with Crippen LogP contribution in [0.4, 0.5) is 4.39 Å². The summed E-state index contributed by atoms with van der Waals surface area (Å²) in [7, 11) is -2.67. The summed E-state index contributed by atoms with van der Waals surface area (Å²) in [4.78, 5) is 27.5. The van der Waals surface area contributed by atoms with E-state index >= 15 is 4.39 Å². The van der Waals surface area contributed by atoms with Crippen molar-refractivity contribution < 1.29 is 22.4 Å². The molecule has 0 aliphatic carbocycles. The number of carbonyl (C=O) groups is 2. The average molecular weight is 775 g/mol. The molecule has 0 saturated carbocycles. The second-order valence-electron chi connectivity index (χ2n) is 12.5. The van der Waals surface area contributed by atoms with Gasteiger partial charge in [0.05, 0.1) is 31.9 Å². The first kappa shape index (κ1) is 39.2. The largest absolute Gasteiger partial charge is 0.342 e. The molecule has 0 spiro atoms. The van der Waals surface area contributed by atoms with Crippen LogP contribution in [0, 0.1) is 17.1 Å². The Balaban J connectivity index is 1.49. The minimum Gasteiger partial charge on any atom is -0.342 e. The Hall–Kier alpha value is -5.02. The fourth-order valence-corrected chi connectivity index (χ4v) is 7.52. The van der Waals surface area contributed by atoms with E-state index in [1.807, 2.05) is 13.8 Å². The number of nitrogens with zero attached hydrogens (tertiary/aromatic N) is 4. The van der Waals surface area contributed by atoms with Crippen LogP contribution in [-0.2, 0) is 22.9 Å². The smallest absolute Gasteiger partial charge is 0.266 e. The molecule has 1 aromatic heterocycles. The topological polar surface area (TPSA) is 125 Å². The summed E-state index contributed by atoms with van der Waals surface area (Å²) >= 11 is 12.7. The minimum atomic E-state index is -4.41. The van der Waals surface area contributed by atoms with Gasteiger partial charge >= 0.3 is 0 Å². The fraction of sp³-hybridized carbons (Fsp3) is 0.250. The summed E-state index contributed by atoms with van der Waals surface area (Å²) < 4.78 is 46.4. The Kier molecular flexibility index (Phi) is 12.7. The lowest BCUT2D eigenvalue weighted by molar-refractivity contribution is 0.0793. The molecular formula is C40H38Cl2FN5O4S. The number of benzene rings is 4. The summed E-state index contributed by atoms with van der Waals surface area (Å²) in [6, 6.07) is 23.5. The minimum absolute atomic E-state index is 0.0116. The standard InChI is InChI=1S/C40H38Cl2FN5O4S/c1-4-6-15-35-31(37(25-44)48(45-35)36-24-28(19-20-33(36)42)40(50)47(3)21-7-5-2)22-27-18-17-26(23-34(27)43)29-12-9-11-16-38(29)53(51,52)46-39(49)30-13-8-10-14-32(30)41/h8-14,16-20,23-24H,4-7,15,21-22H2,1-3H3,(H,46,49). The van der Waals surface area contributed by atoms with Crippen molar-refractivity contribution in [3.05, 3.63) is 134 Å². The zero-order valence-electron chi connectivity index (χ0n) is 29.5. The number of sulfonamides is 1. The zero-order chi connectivity index (χ0) is 38.3. The van der Waals surface area contributed by atoms with E-state index in [-0.39, 0.29) is 55.2 Å². The van der Waals surface area contributed by atoms with E-state index in [1.54, 1.807) is 54.4 Å². The number of aromatic nitrogens is 2. The highest BCUT2D eigenvalue weighted by Gasteiger charge is 2.26.